The van der Waals surface area contributed by atoms with Gasteiger partial charge in [0.15, 0.2) is 0 Å². The summed E-state index contributed by atoms with van der Waals surface area (Å²) in [5.74, 6) is -1.83. The van der Waals surface area contributed by atoms with Crippen LogP contribution in [0.2, 0.25) is 5.02 Å². The van der Waals surface area contributed by atoms with Crippen LogP contribution in [-0.2, 0) is 14.3 Å². The molecule has 2 aromatic carbocycles. The topological polar surface area (TPSA) is 108 Å². The molecule has 28 heavy (non-hydrogen) atoms. The van der Waals surface area contributed by atoms with Crippen molar-refractivity contribution in [2.45, 2.75) is 13.8 Å². The normalized spacial score (nSPS) is 10.5. The van der Waals surface area contributed by atoms with Gasteiger partial charge in [-0.25, -0.2) is 4.79 Å². The Balaban J connectivity index is 2.22. The van der Waals surface area contributed by atoms with Gasteiger partial charge >= 0.3 is 5.97 Å². The van der Waals surface area contributed by atoms with E-state index in [1.54, 1.807) is 24.3 Å². The summed E-state index contributed by atoms with van der Waals surface area (Å²) in [7, 11) is 1.24. The molecule has 0 radical (unpaired) electrons. The van der Waals surface area contributed by atoms with Crippen molar-refractivity contribution in [3.05, 3.63) is 58.6 Å². The van der Waals surface area contributed by atoms with Crippen LogP contribution in [0.3, 0.4) is 0 Å². The molecule has 0 aliphatic carbocycles. The molecule has 2 N–H and O–H groups in total. The molecule has 0 heterocycles. The number of para-hydroxylation sites is 1. The molecule has 0 aromatic heterocycles. The van der Waals surface area contributed by atoms with Crippen molar-refractivity contribution in [1.82, 2.24) is 0 Å². The summed E-state index contributed by atoms with van der Waals surface area (Å²) in [6.45, 7) is 2.87. The second kappa shape index (κ2) is 8.55. The number of methoxy groups -OCH3 is 1. The standard InChI is InChI=1S/C20H18ClN3O4/c1-20(2,18(26)23-15-7-5-4-6-13(15)11-22)19(27)24-16-10-12(17(25)28-3)8-9-14(16)21/h4-10H,1-3H3,(H,23,26)(H,24,27). The van der Waals surface area contributed by atoms with Crippen molar-refractivity contribution < 1.29 is 19.1 Å². The van der Waals surface area contributed by atoms with E-state index >= 15 is 0 Å². The number of esters is 1. The monoisotopic (exact) mass is 399 g/mol. The van der Waals surface area contributed by atoms with Crippen LogP contribution in [0, 0.1) is 16.7 Å². The molecule has 2 amide bonds. The maximum atomic E-state index is 12.7. The number of nitrogens with zero attached hydrogens (tertiary/aromatic N) is 1. The number of nitrogens with one attached hydrogen (secondary N) is 2. The largest absolute Gasteiger partial charge is 0.465 e. The van der Waals surface area contributed by atoms with Crippen LogP contribution in [0.5, 0.6) is 0 Å². The van der Waals surface area contributed by atoms with Gasteiger partial charge in [0.25, 0.3) is 0 Å². The third-order valence-electron chi connectivity index (χ3n) is 4.07. The molecule has 0 bridgehead atoms. The Morgan fingerprint density at radius 3 is 2.25 bits per heavy atom. The molecule has 2 rings (SSSR count). The van der Waals surface area contributed by atoms with Crippen molar-refractivity contribution in [1.29, 1.82) is 5.26 Å². The minimum atomic E-state index is -1.49. The highest BCUT2D eigenvalue weighted by atomic mass is 35.5. The SMILES string of the molecule is COC(=O)c1ccc(Cl)c(NC(=O)C(C)(C)C(=O)Nc2ccccc2C#N)c1. The summed E-state index contributed by atoms with van der Waals surface area (Å²) in [6.07, 6.45) is 0. The molecule has 0 aliphatic heterocycles. The molecule has 0 saturated heterocycles. The maximum Gasteiger partial charge on any atom is 0.337 e. The molecule has 144 valence electrons. The number of anilines is 2. The van der Waals surface area contributed by atoms with Gasteiger partial charge in [0.1, 0.15) is 11.5 Å². The zero-order valence-electron chi connectivity index (χ0n) is 15.5. The van der Waals surface area contributed by atoms with Crippen LogP contribution < -0.4 is 10.6 Å². The van der Waals surface area contributed by atoms with Gasteiger partial charge in [0.2, 0.25) is 11.8 Å². The van der Waals surface area contributed by atoms with Gasteiger partial charge in [0, 0.05) is 0 Å². The lowest BCUT2D eigenvalue weighted by atomic mass is 9.90. The summed E-state index contributed by atoms with van der Waals surface area (Å²) >= 11 is 6.08. The van der Waals surface area contributed by atoms with Gasteiger partial charge < -0.3 is 15.4 Å². The number of hydrogen-bond acceptors (Lipinski definition) is 5. The summed E-state index contributed by atoms with van der Waals surface area (Å²) in [5, 5.41) is 14.5. The van der Waals surface area contributed by atoms with Gasteiger partial charge in [0.05, 0.1) is 34.6 Å². The third-order valence-corrected chi connectivity index (χ3v) is 4.40. The van der Waals surface area contributed by atoms with Crippen LogP contribution in [0.25, 0.3) is 0 Å². The fourth-order valence-electron chi connectivity index (χ4n) is 2.22. The zero-order chi connectivity index (χ0) is 20.9. The van der Waals surface area contributed by atoms with Crippen LogP contribution in [0.15, 0.2) is 42.5 Å². The Bertz CT molecular complexity index is 980. The summed E-state index contributed by atoms with van der Waals surface area (Å²) in [6, 6.07) is 12.7. The Hall–Kier alpha value is -3.37. The minimum absolute atomic E-state index is 0.174. The van der Waals surface area contributed by atoms with Crippen molar-refractivity contribution in [2.75, 3.05) is 17.7 Å². The van der Waals surface area contributed by atoms with E-state index < -0.39 is 23.2 Å². The van der Waals surface area contributed by atoms with Crippen molar-refractivity contribution in [3.8, 4) is 6.07 Å². The summed E-state index contributed by atoms with van der Waals surface area (Å²) in [5.41, 5.74) is -0.532. The highest BCUT2D eigenvalue weighted by Gasteiger charge is 2.36. The number of ether oxygens (including phenoxy) is 1. The fourth-order valence-corrected chi connectivity index (χ4v) is 2.38. The van der Waals surface area contributed by atoms with Crippen LogP contribution in [0.1, 0.15) is 29.8 Å². The Labute approximate surface area is 167 Å². The highest BCUT2D eigenvalue weighted by molar-refractivity contribution is 6.34. The number of amides is 2. The fraction of sp³-hybridized carbons (Fsp3) is 0.200. The highest BCUT2D eigenvalue weighted by Crippen LogP contribution is 2.27. The number of rotatable bonds is 5. The first-order valence-electron chi connectivity index (χ1n) is 8.20. The number of halogens is 1. The molecule has 0 spiro atoms. The van der Waals surface area contributed by atoms with Gasteiger partial charge in [-0.15, -0.1) is 0 Å². The van der Waals surface area contributed by atoms with E-state index in [2.05, 4.69) is 15.4 Å². The Morgan fingerprint density at radius 1 is 1.04 bits per heavy atom. The second-order valence-corrected chi connectivity index (χ2v) is 6.78. The molecule has 0 aliphatic rings. The first kappa shape index (κ1) is 20.9. The first-order chi connectivity index (χ1) is 13.2. The number of carbonyl (C=O) groups excluding carboxylic acids is 3. The van der Waals surface area contributed by atoms with E-state index in [-0.39, 0.29) is 21.8 Å². The predicted octanol–water partition coefficient (Wildman–Crippen LogP) is 3.60. The average molecular weight is 400 g/mol. The molecule has 0 saturated carbocycles. The van der Waals surface area contributed by atoms with E-state index in [1.165, 1.54) is 39.2 Å². The molecule has 0 unspecified atom stereocenters. The van der Waals surface area contributed by atoms with E-state index in [9.17, 15) is 14.4 Å². The Kier molecular flexibility index (Phi) is 6.39. The smallest absolute Gasteiger partial charge is 0.337 e. The molecule has 2 aromatic rings. The molecular weight excluding hydrogens is 382 g/mol. The van der Waals surface area contributed by atoms with Gasteiger partial charge in [-0.3, -0.25) is 9.59 Å². The lowest BCUT2D eigenvalue weighted by Gasteiger charge is -2.23. The molecule has 7 nitrogen and oxygen atoms in total. The van der Waals surface area contributed by atoms with Gasteiger partial charge in [-0.05, 0) is 44.2 Å². The molecule has 0 fully saturated rings. The lowest BCUT2D eigenvalue weighted by molar-refractivity contribution is -0.135. The van der Waals surface area contributed by atoms with E-state index in [0.29, 0.717) is 5.69 Å². The molecule has 0 atom stereocenters. The number of nitriles is 1. The van der Waals surface area contributed by atoms with Crippen LogP contribution in [0.4, 0.5) is 11.4 Å². The second-order valence-electron chi connectivity index (χ2n) is 6.38. The Morgan fingerprint density at radius 2 is 1.64 bits per heavy atom. The van der Waals surface area contributed by atoms with Gasteiger partial charge in [-0.1, -0.05) is 23.7 Å². The van der Waals surface area contributed by atoms with Crippen molar-refractivity contribution in [3.63, 3.8) is 0 Å². The van der Waals surface area contributed by atoms with Crippen LogP contribution >= 0.6 is 11.6 Å². The summed E-state index contributed by atoms with van der Waals surface area (Å²) < 4.78 is 4.64. The quantitative estimate of drug-likeness (QED) is 0.589. The third kappa shape index (κ3) is 4.48. The molecule has 8 heteroatoms. The lowest BCUT2D eigenvalue weighted by Crippen LogP contribution is -2.41. The van der Waals surface area contributed by atoms with E-state index in [0.717, 1.165) is 0 Å². The number of carbonyl (C=O) groups is 3. The first-order valence-corrected chi connectivity index (χ1v) is 8.58. The molecular formula is C20H18ClN3O4. The number of benzene rings is 2. The van der Waals surface area contributed by atoms with E-state index in [4.69, 9.17) is 16.9 Å². The van der Waals surface area contributed by atoms with Crippen molar-refractivity contribution in [2.24, 2.45) is 5.41 Å². The van der Waals surface area contributed by atoms with E-state index in [1.807, 2.05) is 6.07 Å². The van der Waals surface area contributed by atoms with Gasteiger partial charge in [-0.2, -0.15) is 5.26 Å². The average Bonchev–Trinajstić information content (AvgIpc) is 2.69. The van der Waals surface area contributed by atoms with Crippen molar-refractivity contribution >= 4 is 40.8 Å². The van der Waals surface area contributed by atoms with Crippen LogP contribution in [-0.4, -0.2) is 24.9 Å². The number of hydrogen-bond donors (Lipinski definition) is 2. The zero-order valence-corrected chi connectivity index (χ0v) is 16.3. The minimum Gasteiger partial charge on any atom is -0.465 e. The predicted molar refractivity (Wildman–Crippen MR) is 105 cm³/mol. The summed E-state index contributed by atoms with van der Waals surface area (Å²) in [4.78, 5) is 37.0. The maximum absolute atomic E-state index is 12.7.